The molecule has 88 valence electrons. The second-order valence-electron chi connectivity index (χ2n) is 3.55. The first-order valence-corrected chi connectivity index (χ1v) is 6.63. The SMILES string of the molecule is C[C@@H](NS(C)(=O)=O)C(=O)N1CCOCC1. The van der Waals surface area contributed by atoms with Crippen molar-refractivity contribution in [2.24, 2.45) is 0 Å². The molecule has 0 bridgehead atoms. The molecule has 0 unspecified atom stereocenters. The predicted octanol–water partition coefficient (Wildman–Crippen LogP) is -1.22. The smallest absolute Gasteiger partial charge is 0.240 e. The van der Waals surface area contributed by atoms with Crippen LogP contribution in [0.3, 0.4) is 0 Å². The molecule has 0 aliphatic carbocycles. The number of ether oxygens (including phenoxy) is 1. The number of amides is 1. The van der Waals surface area contributed by atoms with Crippen molar-refractivity contribution in [2.75, 3.05) is 32.6 Å². The Morgan fingerprint density at radius 2 is 1.93 bits per heavy atom. The van der Waals surface area contributed by atoms with Gasteiger partial charge in [-0.15, -0.1) is 0 Å². The molecule has 1 N–H and O–H groups in total. The van der Waals surface area contributed by atoms with Crippen molar-refractivity contribution in [1.29, 1.82) is 0 Å². The third-order valence-corrected chi connectivity index (χ3v) is 2.87. The number of morpholine rings is 1. The summed E-state index contributed by atoms with van der Waals surface area (Å²) in [6.07, 6.45) is 1.04. The van der Waals surface area contributed by atoms with Crippen LogP contribution in [-0.4, -0.2) is 57.8 Å². The number of rotatable bonds is 3. The third-order valence-electron chi connectivity index (χ3n) is 2.08. The minimum absolute atomic E-state index is 0.205. The lowest BCUT2D eigenvalue weighted by Crippen LogP contribution is -2.50. The zero-order valence-corrected chi connectivity index (χ0v) is 9.71. The topological polar surface area (TPSA) is 75.7 Å². The van der Waals surface area contributed by atoms with Gasteiger partial charge < -0.3 is 9.64 Å². The summed E-state index contributed by atoms with van der Waals surface area (Å²) >= 11 is 0. The molecule has 0 aromatic rings. The molecule has 6 nitrogen and oxygen atoms in total. The average molecular weight is 236 g/mol. The lowest BCUT2D eigenvalue weighted by molar-refractivity contribution is -0.136. The highest BCUT2D eigenvalue weighted by molar-refractivity contribution is 7.88. The molecular formula is C8H16N2O4S. The first kappa shape index (κ1) is 12.4. The number of nitrogens with zero attached hydrogens (tertiary/aromatic N) is 1. The Bertz CT molecular complexity index is 322. The van der Waals surface area contributed by atoms with Gasteiger partial charge in [0.05, 0.1) is 25.5 Å². The molecule has 1 aliphatic heterocycles. The summed E-state index contributed by atoms with van der Waals surface area (Å²) in [5.74, 6) is -0.205. The Morgan fingerprint density at radius 3 is 2.40 bits per heavy atom. The first-order valence-electron chi connectivity index (χ1n) is 4.74. The van der Waals surface area contributed by atoms with E-state index in [1.807, 2.05) is 0 Å². The largest absolute Gasteiger partial charge is 0.378 e. The van der Waals surface area contributed by atoms with Crippen molar-refractivity contribution in [3.05, 3.63) is 0 Å². The number of hydrogen-bond donors (Lipinski definition) is 1. The molecule has 1 amide bonds. The van der Waals surface area contributed by atoms with E-state index in [-0.39, 0.29) is 5.91 Å². The van der Waals surface area contributed by atoms with Gasteiger partial charge >= 0.3 is 0 Å². The summed E-state index contributed by atoms with van der Waals surface area (Å²) < 4.78 is 29.2. The molecular weight excluding hydrogens is 220 g/mol. The molecule has 0 spiro atoms. The maximum atomic E-state index is 11.7. The van der Waals surface area contributed by atoms with E-state index in [1.54, 1.807) is 11.8 Å². The van der Waals surface area contributed by atoms with Gasteiger partial charge in [0.1, 0.15) is 0 Å². The normalized spacial score (nSPS) is 20.0. The van der Waals surface area contributed by atoms with Crippen LogP contribution in [0.1, 0.15) is 6.92 Å². The quantitative estimate of drug-likeness (QED) is 0.666. The Balaban J connectivity index is 2.51. The highest BCUT2D eigenvalue weighted by Crippen LogP contribution is 2.01. The first-order chi connectivity index (χ1) is 6.90. The molecule has 1 fully saturated rings. The van der Waals surface area contributed by atoms with Crippen molar-refractivity contribution in [3.8, 4) is 0 Å². The Kier molecular flexibility index (Phi) is 4.06. The van der Waals surface area contributed by atoms with Gasteiger partial charge in [-0.1, -0.05) is 0 Å². The van der Waals surface area contributed by atoms with E-state index in [0.717, 1.165) is 6.26 Å². The lowest BCUT2D eigenvalue weighted by atomic mass is 10.3. The molecule has 15 heavy (non-hydrogen) atoms. The van der Waals surface area contributed by atoms with Crippen LogP contribution in [-0.2, 0) is 19.6 Å². The lowest BCUT2D eigenvalue weighted by Gasteiger charge is -2.29. The van der Waals surface area contributed by atoms with Gasteiger partial charge in [0.2, 0.25) is 15.9 Å². The zero-order chi connectivity index (χ0) is 11.5. The maximum absolute atomic E-state index is 11.7. The molecule has 0 aromatic carbocycles. The average Bonchev–Trinajstić information content (AvgIpc) is 2.15. The minimum atomic E-state index is -3.34. The molecule has 1 atom stereocenters. The molecule has 1 saturated heterocycles. The summed E-state index contributed by atoms with van der Waals surface area (Å²) in [7, 11) is -3.34. The molecule has 1 rings (SSSR count). The van der Waals surface area contributed by atoms with Crippen LogP contribution in [0.15, 0.2) is 0 Å². The van der Waals surface area contributed by atoms with Gasteiger partial charge in [-0.05, 0) is 6.92 Å². The number of carbonyl (C=O) groups is 1. The fourth-order valence-electron chi connectivity index (χ4n) is 1.43. The van der Waals surface area contributed by atoms with Crippen LogP contribution in [0, 0.1) is 0 Å². The number of hydrogen-bond acceptors (Lipinski definition) is 4. The van der Waals surface area contributed by atoms with Gasteiger partial charge in [0.25, 0.3) is 0 Å². The zero-order valence-electron chi connectivity index (χ0n) is 8.89. The van der Waals surface area contributed by atoms with E-state index in [2.05, 4.69) is 4.72 Å². The molecule has 0 saturated carbocycles. The fourth-order valence-corrected chi connectivity index (χ4v) is 2.17. The molecule has 1 heterocycles. The van der Waals surface area contributed by atoms with Gasteiger partial charge in [0, 0.05) is 13.1 Å². The second-order valence-corrected chi connectivity index (χ2v) is 5.33. The molecule has 0 radical (unpaired) electrons. The van der Waals surface area contributed by atoms with Crippen LogP contribution in [0.2, 0.25) is 0 Å². The van der Waals surface area contributed by atoms with Crippen LogP contribution < -0.4 is 4.72 Å². The van der Waals surface area contributed by atoms with Crippen LogP contribution in [0.25, 0.3) is 0 Å². The van der Waals surface area contributed by atoms with Crippen molar-refractivity contribution in [1.82, 2.24) is 9.62 Å². The van der Waals surface area contributed by atoms with E-state index < -0.39 is 16.1 Å². The molecule has 1 aliphatic rings. The van der Waals surface area contributed by atoms with Gasteiger partial charge in [-0.3, -0.25) is 4.79 Å². The minimum Gasteiger partial charge on any atom is -0.378 e. The van der Waals surface area contributed by atoms with Crippen molar-refractivity contribution in [2.45, 2.75) is 13.0 Å². The van der Waals surface area contributed by atoms with Crippen LogP contribution >= 0.6 is 0 Å². The highest BCUT2D eigenvalue weighted by Gasteiger charge is 2.24. The summed E-state index contributed by atoms with van der Waals surface area (Å²) in [4.78, 5) is 13.3. The van der Waals surface area contributed by atoms with Gasteiger partial charge in [-0.25, -0.2) is 13.1 Å². The Hall–Kier alpha value is -0.660. The van der Waals surface area contributed by atoms with E-state index in [1.165, 1.54) is 0 Å². The van der Waals surface area contributed by atoms with E-state index in [9.17, 15) is 13.2 Å². The summed E-state index contributed by atoms with van der Waals surface area (Å²) in [6, 6.07) is -0.710. The van der Waals surface area contributed by atoms with E-state index >= 15 is 0 Å². The molecule has 0 aromatic heterocycles. The second kappa shape index (κ2) is 4.91. The van der Waals surface area contributed by atoms with Crippen LogP contribution in [0.5, 0.6) is 0 Å². The number of nitrogens with one attached hydrogen (secondary N) is 1. The van der Waals surface area contributed by atoms with E-state index in [4.69, 9.17) is 4.74 Å². The number of sulfonamides is 1. The third kappa shape index (κ3) is 4.15. The monoisotopic (exact) mass is 236 g/mol. The summed E-state index contributed by atoms with van der Waals surface area (Å²) in [6.45, 7) is 3.61. The summed E-state index contributed by atoms with van der Waals surface area (Å²) in [5, 5.41) is 0. The van der Waals surface area contributed by atoms with Crippen molar-refractivity contribution < 1.29 is 17.9 Å². The van der Waals surface area contributed by atoms with Gasteiger partial charge in [-0.2, -0.15) is 0 Å². The fraction of sp³-hybridized carbons (Fsp3) is 0.875. The highest BCUT2D eigenvalue weighted by atomic mass is 32.2. The maximum Gasteiger partial charge on any atom is 0.240 e. The Morgan fingerprint density at radius 1 is 1.40 bits per heavy atom. The number of carbonyl (C=O) groups excluding carboxylic acids is 1. The molecule has 7 heteroatoms. The van der Waals surface area contributed by atoms with Crippen molar-refractivity contribution in [3.63, 3.8) is 0 Å². The summed E-state index contributed by atoms with van der Waals surface area (Å²) in [5.41, 5.74) is 0. The van der Waals surface area contributed by atoms with E-state index in [0.29, 0.717) is 26.3 Å². The van der Waals surface area contributed by atoms with Gasteiger partial charge in [0.15, 0.2) is 0 Å². The standard InChI is InChI=1S/C8H16N2O4S/c1-7(9-15(2,12)13)8(11)10-3-5-14-6-4-10/h7,9H,3-6H2,1-2H3/t7-/m1/s1. The van der Waals surface area contributed by atoms with Crippen LogP contribution in [0.4, 0.5) is 0 Å². The Labute approximate surface area is 89.6 Å². The van der Waals surface area contributed by atoms with Crippen molar-refractivity contribution >= 4 is 15.9 Å². The predicted molar refractivity (Wildman–Crippen MR) is 54.8 cm³/mol.